The van der Waals surface area contributed by atoms with Crippen LogP contribution in [0.15, 0.2) is 0 Å². The van der Waals surface area contributed by atoms with Crippen molar-refractivity contribution in [3.05, 3.63) is 15.8 Å². The standard InChI is InChI=1S/C14H25N5O2/c1-3-12-13(19(20)21)14(17(2)16-12)15-8-11-18-9-6-4-5-7-10-18/h15H,3-11H2,1-2H3. The van der Waals surface area contributed by atoms with E-state index in [9.17, 15) is 10.1 Å². The molecule has 21 heavy (non-hydrogen) atoms. The summed E-state index contributed by atoms with van der Waals surface area (Å²) < 4.78 is 1.58. The Bertz CT molecular complexity index is 478. The van der Waals surface area contributed by atoms with Crippen molar-refractivity contribution in [2.75, 3.05) is 31.5 Å². The highest BCUT2D eigenvalue weighted by Crippen LogP contribution is 2.28. The smallest absolute Gasteiger partial charge is 0.333 e. The number of aryl methyl sites for hydroxylation is 2. The number of likely N-dealkylation sites (tertiary alicyclic amines) is 1. The molecule has 0 radical (unpaired) electrons. The lowest BCUT2D eigenvalue weighted by Crippen LogP contribution is -2.30. The predicted molar refractivity (Wildman–Crippen MR) is 82.6 cm³/mol. The van der Waals surface area contributed by atoms with Gasteiger partial charge in [0.25, 0.3) is 0 Å². The van der Waals surface area contributed by atoms with Gasteiger partial charge >= 0.3 is 5.69 Å². The summed E-state index contributed by atoms with van der Waals surface area (Å²) in [4.78, 5) is 13.3. The maximum absolute atomic E-state index is 11.2. The number of aromatic nitrogens is 2. The highest BCUT2D eigenvalue weighted by molar-refractivity contribution is 5.59. The van der Waals surface area contributed by atoms with E-state index >= 15 is 0 Å². The molecular formula is C14H25N5O2. The molecule has 0 unspecified atom stereocenters. The van der Waals surface area contributed by atoms with Gasteiger partial charge in [0, 0.05) is 20.1 Å². The first-order valence-electron chi connectivity index (χ1n) is 7.80. The summed E-state index contributed by atoms with van der Waals surface area (Å²) in [6, 6.07) is 0. The summed E-state index contributed by atoms with van der Waals surface area (Å²) >= 11 is 0. The molecule has 1 saturated heterocycles. The summed E-state index contributed by atoms with van der Waals surface area (Å²) in [5.41, 5.74) is 0.663. The van der Waals surface area contributed by atoms with Crippen LogP contribution in [0.2, 0.25) is 0 Å². The number of rotatable bonds is 6. The van der Waals surface area contributed by atoms with Gasteiger partial charge in [-0.1, -0.05) is 19.8 Å². The minimum atomic E-state index is -0.333. The molecule has 1 aliphatic heterocycles. The van der Waals surface area contributed by atoms with E-state index in [-0.39, 0.29) is 10.6 Å². The van der Waals surface area contributed by atoms with Gasteiger partial charge in [-0.25, -0.2) is 4.68 Å². The van der Waals surface area contributed by atoms with Crippen LogP contribution in [0.3, 0.4) is 0 Å². The summed E-state index contributed by atoms with van der Waals surface area (Å²) in [6.07, 6.45) is 5.71. The molecule has 0 bridgehead atoms. The molecule has 2 rings (SSSR count). The van der Waals surface area contributed by atoms with Crippen LogP contribution in [0.1, 0.15) is 38.3 Å². The molecule has 118 valence electrons. The number of anilines is 1. The molecule has 0 aromatic carbocycles. The van der Waals surface area contributed by atoms with Crippen LogP contribution in [0.25, 0.3) is 0 Å². The van der Waals surface area contributed by atoms with E-state index < -0.39 is 0 Å². The van der Waals surface area contributed by atoms with E-state index in [0.29, 0.717) is 24.5 Å². The molecule has 1 aliphatic rings. The average molecular weight is 295 g/mol. The number of hydrogen-bond acceptors (Lipinski definition) is 5. The predicted octanol–water partition coefficient (Wildman–Crippen LogP) is 2.18. The third-order valence-corrected chi connectivity index (χ3v) is 4.03. The van der Waals surface area contributed by atoms with E-state index in [1.165, 1.54) is 25.7 Å². The van der Waals surface area contributed by atoms with Crippen molar-refractivity contribution in [2.24, 2.45) is 7.05 Å². The van der Waals surface area contributed by atoms with Gasteiger partial charge in [-0.15, -0.1) is 0 Å². The van der Waals surface area contributed by atoms with Crippen molar-refractivity contribution in [2.45, 2.75) is 39.0 Å². The zero-order valence-electron chi connectivity index (χ0n) is 13.0. The summed E-state index contributed by atoms with van der Waals surface area (Å²) in [7, 11) is 1.75. The Labute approximate surface area is 125 Å². The highest BCUT2D eigenvalue weighted by Gasteiger charge is 2.25. The van der Waals surface area contributed by atoms with Crippen molar-refractivity contribution in [1.29, 1.82) is 0 Å². The van der Waals surface area contributed by atoms with E-state index in [2.05, 4.69) is 15.3 Å². The second-order valence-electron chi connectivity index (χ2n) is 5.56. The van der Waals surface area contributed by atoms with Crippen LogP contribution in [0.5, 0.6) is 0 Å². The molecule has 0 spiro atoms. The summed E-state index contributed by atoms with van der Waals surface area (Å²) in [5.74, 6) is 0.520. The van der Waals surface area contributed by atoms with E-state index in [4.69, 9.17) is 0 Å². The van der Waals surface area contributed by atoms with E-state index in [1.807, 2.05) is 6.92 Å². The van der Waals surface area contributed by atoms with Gasteiger partial charge in [0.2, 0.25) is 5.82 Å². The molecule has 7 heteroatoms. The number of nitrogens with zero attached hydrogens (tertiary/aromatic N) is 4. The molecule has 1 fully saturated rings. The van der Waals surface area contributed by atoms with Crippen LogP contribution >= 0.6 is 0 Å². The Morgan fingerprint density at radius 1 is 1.29 bits per heavy atom. The first-order chi connectivity index (χ1) is 10.1. The minimum Gasteiger partial charge on any atom is -0.363 e. The third kappa shape index (κ3) is 3.93. The van der Waals surface area contributed by atoms with Crippen molar-refractivity contribution in [3.8, 4) is 0 Å². The normalized spacial score (nSPS) is 16.7. The van der Waals surface area contributed by atoms with Gasteiger partial charge in [-0.3, -0.25) is 10.1 Å². The molecule has 0 amide bonds. The van der Waals surface area contributed by atoms with Crippen molar-refractivity contribution in [3.63, 3.8) is 0 Å². The Kier molecular flexibility index (Phi) is 5.55. The maximum atomic E-state index is 11.2. The Hall–Kier alpha value is -1.63. The van der Waals surface area contributed by atoms with Crippen LogP contribution < -0.4 is 5.32 Å². The van der Waals surface area contributed by atoms with Crippen molar-refractivity contribution in [1.82, 2.24) is 14.7 Å². The third-order valence-electron chi connectivity index (χ3n) is 4.03. The van der Waals surface area contributed by atoms with Gasteiger partial charge in [0.15, 0.2) is 0 Å². The lowest BCUT2D eigenvalue weighted by atomic mass is 10.2. The average Bonchev–Trinajstić information content (AvgIpc) is 2.64. The number of nitro groups is 1. The SMILES string of the molecule is CCc1nn(C)c(NCCN2CCCCCC2)c1[N+](=O)[O-]. The topological polar surface area (TPSA) is 76.2 Å². The molecule has 1 aromatic heterocycles. The van der Waals surface area contributed by atoms with Gasteiger partial charge in [0.05, 0.1) is 4.92 Å². The first kappa shape index (κ1) is 15.8. The Balaban J connectivity index is 1.96. The van der Waals surface area contributed by atoms with Crippen molar-refractivity contribution >= 4 is 11.5 Å². The molecule has 0 aliphatic carbocycles. The monoisotopic (exact) mass is 295 g/mol. The second-order valence-corrected chi connectivity index (χ2v) is 5.56. The first-order valence-corrected chi connectivity index (χ1v) is 7.80. The van der Waals surface area contributed by atoms with Gasteiger partial charge in [-0.05, 0) is 32.4 Å². The molecular weight excluding hydrogens is 270 g/mol. The van der Waals surface area contributed by atoms with Crippen molar-refractivity contribution < 1.29 is 4.92 Å². The summed E-state index contributed by atoms with van der Waals surface area (Å²) in [6.45, 7) is 5.79. The van der Waals surface area contributed by atoms with E-state index in [0.717, 1.165) is 19.6 Å². The lowest BCUT2D eigenvalue weighted by Gasteiger charge is -2.19. The Morgan fingerprint density at radius 2 is 1.95 bits per heavy atom. The largest absolute Gasteiger partial charge is 0.363 e. The fourth-order valence-corrected chi connectivity index (χ4v) is 2.89. The fourth-order valence-electron chi connectivity index (χ4n) is 2.89. The molecule has 1 N–H and O–H groups in total. The molecule has 0 saturated carbocycles. The zero-order chi connectivity index (χ0) is 15.2. The summed E-state index contributed by atoms with van der Waals surface area (Å²) in [5, 5.41) is 18.7. The highest BCUT2D eigenvalue weighted by atomic mass is 16.6. The molecule has 1 aromatic rings. The molecule has 0 atom stereocenters. The van der Waals surface area contributed by atoms with Gasteiger partial charge in [0.1, 0.15) is 5.69 Å². The van der Waals surface area contributed by atoms with Gasteiger partial charge in [-0.2, -0.15) is 5.10 Å². The van der Waals surface area contributed by atoms with Crippen LogP contribution in [0, 0.1) is 10.1 Å². The van der Waals surface area contributed by atoms with E-state index in [1.54, 1.807) is 11.7 Å². The minimum absolute atomic E-state index is 0.121. The molecule has 7 nitrogen and oxygen atoms in total. The maximum Gasteiger partial charge on any atom is 0.333 e. The van der Waals surface area contributed by atoms with Crippen LogP contribution in [-0.2, 0) is 13.5 Å². The van der Waals surface area contributed by atoms with Crippen LogP contribution in [-0.4, -0.2) is 45.8 Å². The quantitative estimate of drug-likeness (QED) is 0.643. The van der Waals surface area contributed by atoms with Gasteiger partial charge < -0.3 is 10.2 Å². The zero-order valence-corrected chi connectivity index (χ0v) is 13.0. The Morgan fingerprint density at radius 3 is 2.52 bits per heavy atom. The fraction of sp³-hybridized carbons (Fsp3) is 0.786. The second kappa shape index (κ2) is 7.40. The lowest BCUT2D eigenvalue weighted by molar-refractivity contribution is -0.384. The number of hydrogen-bond donors (Lipinski definition) is 1. The molecule has 2 heterocycles. The van der Waals surface area contributed by atoms with Crippen LogP contribution in [0.4, 0.5) is 11.5 Å². The number of nitrogens with one attached hydrogen (secondary N) is 1.